The lowest BCUT2D eigenvalue weighted by molar-refractivity contribution is -0.142. The van der Waals surface area contributed by atoms with Crippen molar-refractivity contribution < 1.29 is 14.3 Å². The number of likely N-dealkylation sites (tertiary alicyclic amines) is 1. The molecule has 1 saturated carbocycles. The topological polar surface area (TPSA) is 112 Å². The minimum Gasteiger partial charge on any atom is -0.377 e. The van der Waals surface area contributed by atoms with Gasteiger partial charge in [0.2, 0.25) is 11.8 Å². The van der Waals surface area contributed by atoms with E-state index in [2.05, 4.69) is 16.3 Å². The van der Waals surface area contributed by atoms with Crippen LogP contribution in [0.15, 0.2) is 24.3 Å². The number of carbonyl (C=O) groups is 2. The highest BCUT2D eigenvalue weighted by molar-refractivity contribution is 5.87. The first-order valence-electron chi connectivity index (χ1n) is 13.1. The Kier molecular flexibility index (Phi) is 8.77. The second-order valence-corrected chi connectivity index (χ2v) is 10.4. The fourth-order valence-corrected chi connectivity index (χ4v) is 5.78. The monoisotopic (exact) mass is 481 g/mol. The molecule has 0 radical (unpaired) electrons. The lowest BCUT2D eigenvalue weighted by atomic mass is 9.90. The van der Waals surface area contributed by atoms with Crippen molar-refractivity contribution in [2.75, 3.05) is 19.7 Å². The molecular formula is C27H39N5O3. The fraction of sp³-hybridized carbons (Fsp3) is 0.667. The van der Waals surface area contributed by atoms with Crippen molar-refractivity contribution in [3.63, 3.8) is 0 Å². The molecular weight excluding hydrogens is 442 g/mol. The van der Waals surface area contributed by atoms with E-state index in [1.54, 1.807) is 11.8 Å². The van der Waals surface area contributed by atoms with Gasteiger partial charge in [-0.3, -0.25) is 14.5 Å². The highest BCUT2D eigenvalue weighted by Crippen LogP contribution is 2.27. The summed E-state index contributed by atoms with van der Waals surface area (Å²) in [6.07, 6.45) is 7.39. The number of amides is 2. The van der Waals surface area contributed by atoms with E-state index >= 15 is 0 Å². The summed E-state index contributed by atoms with van der Waals surface area (Å²) in [6, 6.07) is 9.95. The zero-order valence-corrected chi connectivity index (χ0v) is 20.8. The first-order chi connectivity index (χ1) is 16.9. The van der Waals surface area contributed by atoms with Crippen LogP contribution in [0.4, 0.5) is 0 Å². The largest absolute Gasteiger partial charge is 0.377 e. The van der Waals surface area contributed by atoms with Crippen molar-refractivity contribution in [3.05, 3.63) is 35.4 Å². The number of hydrogen-bond donors (Lipinski definition) is 2. The standard InChI is InChI=1S/C27H39N5O3/c1-19(33)32-13-12-24(15-26(32)27(34)30-23-10-8-22(29)9-11-23)31(18-25-3-2-14-35-25)17-21-6-4-20(16-28)5-7-21/h4-7,22-26H,2-3,8-15,17-18,29H2,1H3,(H,30,34)/t22?,23?,24?,25?,26-/m1/s1. The number of hydrogen-bond acceptors (Lipinski definition) is 6. The SMILES string of the molecule is CC(=O)N1CCC(N(Cc2ccc(C#N)cc2)CC2CCCO2)C[C@@H]1C(=O)NC1CCC(N)CC1. The van der Waals surface area contributed by atoms with E-state index in [4.69, 9.17) is 15.7 Å². The molecule has 3 aliphatic rings. The smallest absolute Gasteiger partial charge is 0.243 e. The summed E-state index contributed by atoms with van der Waals surface area (Å²) < 4.78 is 5.95. The molecule has 1 aromatic carbocycles. The summed E-state index contributed by atoms with van der Waals surface area (Å²) >= 11 is 0. The van der Waals surface area contributed by atoms with Gasteiger partial charge in [-0.25, -0.2) is 0 Å². The summed E-state index contributed by atoms with van der Waals surface area (Å²) in [6.45, 7) is 4.46. The van der Waals surface area contributed by atoms with Gasteiger partial charge in [0.25, 0.3) is 0 Å². The molecule has 190 valence electrons. The molecule has 0 bridgehead atoms. The molecule has 2 unspecified atom stereocenters. The molecule has 2 aliphatic heterocycles. The first kappa shape index (κ1) is 25.6. The third kappa shape index (κ3) is 6.81. The van der Waals surface area contributed by atoms with Gasteiger partial charge in [-0.2, -0.15) is 5.26 Å². The maximum atomic E-state index is 13.4. The van der Waals surface area contributed by atoms with Gasteiger partial charge >= 0.3 is 0 Å². The molecule has 2 saturated heterocycles. The van der Waals surface area contributed by atoms with Gasteiger partial charge in [-0.05, 0) is 69.1 Å². The Labute approximate surface area is 208 Å². The van der Waals surface area contributed by atoms with Crippen LogP contribution in [-0.2, 0) is 20.9 Å². The highest BCUT2D eigenvalue weighted by Gasteiger charge is 2.38. The molecule has 0 aromatic heterocycles. The van der Waals surface area contributed by atoms with Crippen LogP contribution >= 0.6 is 0 Å². The summed E-state index contributed by atoms with van der Waals surface area (Å²) in [5.41, 5.74) is 7.82. The van der Waals surface area contributed by atoms with Crippen LogP contribution in [0.3, 0.4) is 0 Å². The number of carbonyl (C=O) groups excluding carboxylic acids is 2. The third-order valence-corrected chi connectivity index (χ3v) is 7.85. The van der Waals surface area contributed by atoms with Gasteiger partial charge in [0.05, 0.1) is 17.7 Å². The zero-order chi connectivity index (χ0) is 24.8. The zero-order valence-electron chi connectivity index (χ0n) is 20.8. The Hall–Kier alpha value is -2.47. The van der Waals surface area contributed by atoms with Crippen LogP contribution in [0.5, 0.6) is 0 Å². The molecule has 8 heteroatoms. The van der Waals surface area contributed by atoms with E-state index in [-0.39, 0.29) is 36.0 Å². The van der Waals surface area contributed by atoms with Crippen molar-refractivity contribution in [3.8, 4) is 6.07 Å². The molecule has 35 heavy (non-hydrogen) atoms. The quantitative estimate of drug-likeness (QED) is 0.618. The van der Waals surface area contributed by atoms with E-state index < -0.39 is 6.04 Å². The number of nitrogens with zero attached hydrogens (tertiary/aromatic N) is 3. The van der Waals surface area contributed by atoms with Crippen LogP contribution in [0.2, 0.25) is 0 Å². The molecule has 2 heterocycles. The van der Waals surface area contributed by atoms with E-state index in [0.29, 0.717) is 18.5 Å². The van der Waals surface area contributed by atoms with Crippen LogP contribution in [0.1, 0.15) is 69.4 Å². The fourth-order valence-electron chi connectivity index (χ4n) is 5.78. The lowest BCUT2D eigenvalue weighted by Gasteiger charge is -2.43. The molecule has 4 rings (SSSR count). The molecule has 8 nitrogen and oxygen atoms in total. The number of rotatable bonds is 7. The number of ether oxygens (including phenoxy) is 1. The second kappa shape index (κ2) is 12.0. The van der Waals surface area contributed by atoms with Gasteiger partial charge in [0, 0.05) is 51.3 Å². The normalized spacial score (nSPS) is 29.1. The molecule has 1 aromatic rings. The van der Waals surface area contributed by atoms with E-state index in [1.165, 1.54) is 0 Å². The minimum absolute atomic E-state index is 0.0409. The Morgan fingerprint density at radius 2 is 1.91 bits per heavy atom. The van der Waals surface area contributed by atoms with E-state index in [0.717, 1.165) is 70.2 Å². The maximum absolute atomic E-state index is 13.4. The number of piperidine rings is 1. The van der Waals surface area contributed by atoms with Crippen LogP contribution < -0.4 is 11.1 Å². The summed E-state index contributed by atoms with van der Waals surface area (Å²) in [5.74, 6) is -0.0900. The molecule has 3 N–H and O–H groups in total. The van der Waals surface area contributed by atoms with Crippen molar-refractivity contribution in [1.82, 2.24) is 15.1 Å². The minimum atomic E-state index is -0.463. The van der Waals surface area contributed by atoms with Crippen molar-refractivity contribution >= 4 is 11.8 Å². The predicted molar refractivity (Wildman–Crippen MR) is 133 cm³/mol. The molecule has 3 atom stereocenters. The lowest BCUT2D eigenvalue weighted by Crippen LogP contribution is -2.58. The van der Waals surface area contributed by atoms with E-state index in [1.807, 2.05) is 24.3 Å². The van der Waals surface area contributed by atoms with Gasteiger partial charge in [-0.15, -0.1) is 0 Å². The Morgan fingerprint density at radius 1 is 1.17 bits per heavy atom. The predicted octanol–water partition coefficient (Wildman–Crippen LogP) is 2.30. The van der Waals surface area contributed by atoms with Gasteiger partial charge in [0.1, 0.15) is 6.04 Å². The van der Waals surface area contributed by atoms with Gasteiger partial charge in [0.15, 0.2) is 0 Å². The molecule has 2 amide bonds. The average molecular weight is 482 g/mol. The third-order valence-electron chi connectivity index (χ3n) is 7.85. The average Bonchev–Trinajstić information content (AvgIpc) is 3.38. The van der Waals surface area contributed by atoms with Crippen LogP contribution in [-0.4, -0.2) is 71.6 Å². The number of nitriles is 1. The first-order valence-corrected chi connectivity index (χ1v) is 13.1. The van der Waals surface area contributed by atoms with Crippen molar-refractivity contribution in [2.24, 2.45) is 5.73 Å². The molecule has 1 aliphatic carbocycles. The van der Waals surface area contributed by atoms with E-state index in [9.17, 15) is 9.59 Å². The Balaban J connectivity index is 1.47. The number of benzene rings is 1. The van der Waals surface area contributed by atoms with Crippen LogP contribution in [0, 0.1) is 11.3 Å². The Morgan fingerprint density at radius 3 is 2.54 bits per heavy atom. The summed E-state index contributed by atoms with van der Waals surface area (Å²) in [4.78, 5) is 30.0. The number of nitrogens with one attached hydrogen (secondary N) is 1. The summed E-state index contributed by atoms with van der Waals surface area (Å²) in [7, 11) is 0. The number of nitrogens with two attached hydrogens (primary N) is 1. The van der Waals surface area contributed by atoms with Gasteiger partial charge < -0.3 is 20.7 Å². The molecule has 3 fully saturated rings. The van der Waals surface area contributed by atoms with Crippen molar-refractivity contribution in [1.29, 1.82) is 5.26 Å². The second-order valence-electron chi connectivity index (χ2n) is 10.4. The van der Waals surface area contributed by atoms with Gasteiger partial charge in [-0.1, -0.05) is 12.1 Å². The Bertz CT molecular complexity index is 900. The summed E-state index contributed by atoms with van der Waals surface area (Å²) in [5, 5.41) is 12.4. The van der Waals surface area contributed by atoms with Crippen LogP contribution in [0.25, 0.3) is 0 Å². The highest BCUT2D eigenvalue weighted by atomic mass is 16.5. The van der Waals surface area contributed by atoms with Crippen molar-refractivity contribution in [2.45, 2.75) is 95.1 Å². The maximum Gasteiger partial charge on any atom is 0.243 e. The molecule has 0 spiro atoms.